The van der Waals surface area contributed by atoms with Crippen molar-refractivity contribution < 1.29 is 9.21 Å². The molecule has 4 nitrogen and oxygen atoms in total. The van der Waals surface area contributed by atoms with Crippen LogP contribution in [0.1, 0.15) is 29.0 Å². The molecule has 0 bridgehead atoms. The van der Waals surface area contributed by atoms with Gasteiger partial charge in [-0.25, -0.2) is 0 Å². The van der Waals surface area contributed by atoms with E-state index in [0.717, 1.165) is 25.9 Å². The fourth-order valence-electron chi connectivity index (χ4n) is 2.27. The number of nitrogens with two attached hydrogens (primary N) is 1. The van der Waals surface area contributed by atoms with Gasteiger partial charge in [0, 0.05) is 13.1 Å². The first kappa shape index (κ1) is 11.2. The van der Waals surface area contributed by atoms with Crippen LogP contribution in [0.5, 0.6) is 0 Å². The topological polar surface area (TPSA) is 59.5 Å². The minimum atomic E-state index is 0.0887. The van der Waals surface area contributed by atoms with Crippen LogP contribution >= 0.6 is 0 Å². The Labute approximate surface area is 95.4 Å². The highest BCUT2D eigenvalue weighted by molar-refractivity contribution is 5.95. The molecule has 0 aliphatic carbocycles. The quantitative estimate of drug-likeness (QED) is 0.841. The number of aryl methyl sites for hydroxylation is 1. The van der Waals surface area contributed by atoms with Crippen molar-refractivity contribution in [3.8, 4) is 0 Å². The summed E-state index contributed by atoms with van der Waals surface area (Å²) in [6.45, 7) is 4.20. The number of likely N-dealkylation sites (tertiary alicyclic amines) is 1. The van der Waals surface area contributed by atoms with Gasteiger partial charge in [0.1, 0.15) is 5.76 Å². The lowest BCUT2D eigenvalue weighted by Gasteiger charge is -2.15. The lowest BCUT2D eigenvalue weighted by Crippen LogP contribution is -2.29. The third-order valence-electron chi connectivity index (χ3n) is 3.24. The first-order chi connectivity index (χ1) is 7.72. The molecule has 88 valence electrons. The SMILES string of the molecule is Cc1occc1C(=O)N1CCC(CCN)C1. The van der Waals surface area contributed by atoms with Crippen LogP contribution in [0, 0.1) is 12.8 Å². The molecule has 1 aliphatic heterocycles. The van der Waals surface area contributed by atoms with Crippen molar-refractivity contribution >= 4 is 5.91 Å². The highest BCUT2D eigenvalue weighted by Gasteiger charge is 2.27. The number of carbonyl (C=O) groups is 1. The summed E-state index contributed by atoms with van der Waals surface area (Å²) in [6, 6.07) is 1.74. The second kappa shape index (κ2) is 4.70. The molecule has 0 saturated carbocycles. The van der Waals surface area contributed by atoms with Crippen molar-refractivity contribution in [3.05, 3.63) is 23.7 Å². The van der Waals surface area contributed by atoms with E-state index in [9.17, 15) is 4.79 Å². The average Bonchev–Trinajstić information content (AvgIpc) is 2.87. The third kappa shape index (κ3) is 2.11. The highest BCUT2D eigenvalue weighted by Crippen LogP contribution is 2.22. The van der Waals surface area contributed by atoms with Crippen LogP contribution in [-0.4, -0.2) is 30.4 Å². The van der Waals surface area contributed by atoms with E-state index in [2.05, 4.69) is 0 Å². The summed E-state index contributed by atoms with van der Waals surface area (Å²) in [4.78, 5) is 14.0. The van der Waals surface area contributed by atoms with Crippen LogP contribution in [0.15, 0.2) is 16.7 Å². The molecule has 2 heterocycles. The van der Waals surface area contributed by atoms with Gasteiger partial charge in [-0.1, -0.05) is 0 Å². The molecule has 0 radical (unpaired) electrons. The lowest BCUT2D eigenvalue weighted by atomic mass is 10.1. The molecule has 1 unspecified atom stereocenters. The Morgan fingerprint density at radius 3 is 3.12 bits per heavy atom. The minimum absolute atomic E-state index is 0.0887. The molecule has 1 atom stereocenters. The molecule has 16 heavy (non-hydrogen) atoms. The molecule has 0 aromatic carbocycles. The number of nitrogens with zero attached hydrogens (tertiary/aromatic N) is 1. The van der Waals surface area contributed by atoms with E-state index in [0.29, 0.717) is 23.8 Å². The fourth-order valence-corrected chi connectivity index (χ4v) is 2.27. The Balaban J connectivity index is 2.00. The van der Waals surface area contributed by atoms with Gasteiger partial charge in [0.05, 0.1) is 11.8 Å². The van der Waals surface area contributed by atoms with Crippen LogP contribution in [0.2, 0.25) is 0 Å². The van der Waals surface area contributed by atoms with Gasteiger partial charge in [0.25, 0.3) is 5.91 Å². The summed E-state index contributed by atoms with van der Waals surface area (Å²) in [7, 11) is 0. The van der Waals surface area contributed by atoms with Gasteiger partial charge in [-0.05, 0) is 38.3 Å². The zero-order valence-corrected chi connectivity index (χ0v) is 9.61. The molecular formula is C12H18N2O2. The van der Waals surface area contributed by atoms with Crippen molar-refractivity contribution in [1.82, 2.24) is 4.90 Å². The van der Waals surface area contributed by atoms with Gasteiger partial charge in [0.15, 0.2) is 0 Å². The van der Waals surface area contributed by atoms with Crippen LogP contribution < -0.4 is 5.73 Å². The number of amides is 1. The highest BCUT2D eigenvalue weighted by atomic mass is 16.3. The van der Waals surface area contributed by atoms with E-state index in [-0.39, 0.29) is 5.91 Å². The molecule has 1 aromatic heterocycles. The Morgan fingerprint density at radius 2 is 2.50 bits per heavy atom. The van der Waals surface area contributed by atoms with E-state index in [1.165, 1.54) is 0 Å². The Kier molecular flexibility index (Phi) is 3.29. The first-order valence-electron chi connectivity index (χ1n) is 5.76. The standard InChI is InChI=1S/C12H18N2O2/c1-9-11(4-7-16-9)12(15)14-6-3-10(8-14)2-5-13/h4,7,10H,2-3,5-6,8,13H2,1H3. The van der Waals surface area contributed by atoms with Crippen LogP contribution in [0.4, 0.5) is 0 Å². The molecule has 1 aromatic rings. The Morgan fingerprint density at radius 1 is 1.69 bits per heavy atom. The number of furan rings is 1. The largest absolute Gasteiger partial charge is 0.469 e. The van der Waals surface area contributed by atoms with Gasteiger partial charge in [-0.15, -0.1) is 0 Å². The van der Waals surface area contributed by atoms with Crippen molar-refractivity contribution in [1.29, 1.82) is 0 Å². The maximum Gasteiger partial charge on any atom is 0.257 e. The molecule has 1 fully saturated rings. The zero-order valence-electron chi connectivity index (χ0n) is 9.61. The van der Waals surface area contributed by atoms with E-state index < -0.39 is 0 Å². The molecular weight excluding hydrogens is 204 g/mol. The van der Waals surface area contributed by atoms with Gasteiger partial charge < -0.3 is 15.1 Å². The van der Waals surface area contributed by atoms with Gasteiger partial charge in [-0.2, -0.15) is 0 Å². The van der Waals surface area contributed by atoms with Crippen molar-refractivity contribution in [3.63, 3.8) is 0 Å². The predicted molar refractivity (Wildman–Crippen MR) is 61.1 cm³/mol. The first-order valence-corrected chi connectivity index (χ1v) is 5.76. The summed E-state index contributed by atoms with van der Waals surface area (Å²) in [5, 5.41) is 0. The van der Waals surface area contributed by atoms with Gasteiger partial charge in [0.2, 0.25) is 0 Å². The molecule has 0 spiro atoms. The van der Waals surface area contributed by atoms with Crippen molar-refractivity contribution in [2.24, 2.45) is 11.7 Å². The summed E-state index contributed by atoms with van der Waals surface area (Å²) in [5.74, 6) is 1.36. The van der Waals surface area contributed by atoms with Crippen LogP contribution in [-0.2, 0) is 0 Å². The summed E-state index contributed by atoms with van der Waals surface area (Å²) >= 11 is 0. The van der Waals surface area contributed by atoms with E-state index in [4.69, 9.17) is 10.2 Å². The molecule has 1 aliphatic rings. The maximum absolute atomic E-state index is 12.1. The van der Waals surface area contributed by atoms with Gasteiger partial charge in [-0.3, -0.25) is 4.79 Å². The molecule has 2 N–H and O–H groups in total. The Hall–Kier alpha value is -1.29. The van der Waals surface area contributed by atoms with Gasteiger partial charge >= 0.3 is 0 Å². The lowest BCUT2D eigenvalue weighted by molar-refractivity contribution is 0.0785. The molecule has 1 amide bonds. The fraction of sp³-hybridized carbons (Fsp3) is 0.583. The monoisotopic (exact) mass is 222 g/mol. The normalized spacial score (nSPS) is 20.4. The van der Waals surface area contributed by atoms with E-state index >= 15 is 0 Å². The summed E-state index contributed by atoms with van der Waals surface area (Å²) in [6.07, 6.45) is 3.64. The summed E-state index contributed by atoms with van der Waals surface area (Å²) in [5.41, 5.74) is 6.22. The minimum Gasteiger partial charge on any atom is -0.469 e. The maximum atomic E-state index is 12.1. The van der Waals surface area contributed by atoms with Crippen LogP contribution in [0.3, 0.4) is 0 Å². The summed E-state index contributed by atoms with van der Waals surface area (Å²) < 4.78 is 5.15. The number of carbonyl (C=O) groups excluding carboxylic acids is 1. The van der Waals surface area contributed by atoms with E-state index in [1.54, 1.807) is 12.3 Å². The molecule has 4 heteroatoms. The zero-order chi connectivity index (χ0) is 11.5. The van der Waals surface area contributed by atoms with Crippen LogP contribution in [0.25, 0.3) is 0 Å². The number of hydrogen-bond acceptors (Lipinski definition) is 3. The number of hydrogen-bond donors (Lipinski definition) is 1. The van der Waals surface area contributed by atoms with Crippen molar-refractivity contribution in [2.75, 3.05) is 19.6 Å². The Bertz CT molecular complexity index is 373. The van der Waals surface area contributed by atoms with E-state index in [1.807, 2.05) is 11.8 Å². The molecule has 1 saturated heterocycles. The average molecular weight is 222 g/mol. The second-order valence-corrected chi connectivity index (χ2v) is 4.37. The van der Waals surface area contributed by atoms with Crippen molar-refractivity contribution in [2.45, 2.75) is 19.8 Å². The molecule has 2 rings (SSSR count). The smallest absolute Gasteiger partial charge is 0.257 e. The second-order valence-electron chi connectivity index (χ2n) is 4.37. The predicted octanol–water partition coefficient (Wildman–Crippen LogP) is 1.40. The third-order valence-corrected chi connectivity index (χ3v) is 3.24. The number of rotatable bonds is 3.